The Morgan fingerprint density at radius 2 is 1.66 bits per heavy atom. The Morgan fingerprint density at radius 1 is 1.05 bits per heavy atom. The van der Waals surface area contributed by atoms with Crippen molar-refractivity contribution in [2.75, 3.05) is 25.7 Å². The topological polar surface area (TPSA) is 105 Å². The minimum atomic E-state index is -5.08. The number of nitrogens with zero attached hydrogens (tertiary/aromatic N) is 2. The second-order valence-corrected chi connectivity index (χ2v) is 11.3. The number of primary amides is 1. The first-order chi connectivity index (χ1) is 20.4. The van der Waals surface area contributed by atoms with Crippen LogP contribution in [0.2, 0.25) is 5.02 Å². The fraction of sp³-hybridized carbons (Fsp3) is 0.517. The van der Waals surface area contributed by atoms with Crippen LogP contribution in [-0.2, 0) is 16.4 Å². The van der Waals surface area contributed by atoms with E-state index in [0.29, 0.717) is 24.3 Å². The molecular weight excluding hydrogens is 620 g/mol. The van der Waals surface area contributed by atoms with E-state index in [4.69, 9.17) is 36.7 Å². The van der Waals surface area contributed by atoms with Gasteiger partial charge in [-0.25, -0.2) is 9.59 Å². The predicted octanol–water partition coefficient (Wildman–Crippen LogP) is 6.87. The monoisotopic (exact) mass is 653 g/mol. The third-order valence-electron chi connectivity index (χ3n) is 8.27. The Labute approximate surface area is 255 Å². The molecule has 2 fully saturated rings. The maximum absolute atomic E-state index is 13.6. The summed E-state index contributed by atoms with van der Waals surface area (Å²) in [5.41, 5.74) is 5.82. The Bertz CT molecular complexity index is 1360. The maximum atomic E-state index is 13.6. The molecule has 2 amide bonds. The average molecular weight is 654 g/mol. The summed E-state index contributed by atoms with van der Waals surface area (Å²) in [6.07, 6.45) is -6.91. The van der Waals surface area contributed by atoms with Gasteiger partial charge in [0.25, 0.3) is 0 Å². The van der Waals surface area contributed by atoms with E-state index in [-0.39, 0.29) is 29.2 Å². The van der Waals surface area contributed by atoms with Crippen LogP contribution in [0, 0.1) is 0 Å². The third-order valence-corrected chi connectivity index (χ3v) is 8.60. The molecule has 0 aromatic heterocycles. The van der Waals surface area contributed by atoms with E-state index in [9.17, 15) is 31.1 Å². The standard InChI is InChI=1S/C27H33ClF3N3O3.C2HF3O2/c1-16(2)33-12-11-26(17-5-8-22(36-3)23(13-17)37-4)10-9-19(15-24(26)33)34(25(32)35)18-6-7-21(28)20(14-18)27(29,30)31;3-2(4,5)1(6)7/h5-8,13-14,16,19,24H,9-12,15H2,1-4H3,(H2,32,35);(H,6,7)/t19-,24+,26+;/m1./s1. The van der Waals surface area contributed by atoms with Crippen LogP contribution in [0.4, 0.5) is 36.8 Å². The van der Waals surface area contributed by atoms with Gasteiger partial charge in [0, 0.05) is 29.2 Å². The van der Waals surface area contributed by atoms with E-state index in [2.05, 4.69) is 24.8 Å². The first kappa shape index (κ1) is 35.1. The van der Waals surface area contributed by atoms with Gasteiger partial charge in [-0.2, -0.15) is 26.3 Å². The molecule has 2 aromatic carbocycles. The van der Waals surface area contributed by atoms with Crippen LogP contribution in [0.15, 0.2) is 36.4 Å². The number of carbonyl (C=O) groups excluding carboxylic acids is 1. The lowest BCUT2D eigenvalue weighted by Gasteiger charge is -2.48. The van der Waals surface area contributed by atoms with Gasteiger partial charge >= 0.3 is 24.4 Å². The number of carboxylic acid groups (broad SMARTS) is 1. The SMILES string of the molecule is COc1ccc([C@@]23CC[C@@H](N(C(N)=O)c4ccc(Cl)c(C(F)(F)F)c4)C[C@@H]2N(C(C)C)CC3)cc1OC.O=C(O)C(F)(F)F. The summed E-state index contributed by atoms with van der Waals surface area (Å²) < 4.78 is 83.4. The van der Waals surface area contributed by atoms with Crippen LogP contribution < -0.4 is 20.1 Å². The fourth-order valence-electron chi connectivity index (χ4n) is 6.30. The Morgan fingerprint density at radius 3 is 2.16 bits per heavy atom. The van der Waals surface area contributed by atoms with E-state index in [1.54, 1.807) is 14.2 Å². The van der Waals surface area contributed by atoms with E-state index >= 15 is 0 Å². The molecule has 244 valence electrons. The van der Waals surface area contributed by atoms with Crippen LogP contribution in [0.25, 0.3) is 0 Å². The number of carboxylic acids is 1. The molecule has 44 heavy (non-hydrogen) atoms. The molecule has 3 atom stereocenters. The normalized spacial score (nSPS) is 22.1. The number of halogens is 7. The van der Waals surface area contributed by atoms with E-state index in [1.165, 1.54) is 17.0 Å². The lowest BCUT2D eigenvalue weighted by Crippen LogP contribution is -2.55. The second kappa shape index (κ2) is 13.3. The minimum absolute atomic E-state index is 0.0561. The van der Waals surface area contributed by atoms with E-state index < -0.39 is 34.9 Å². The zero-order valence-electron chi connectivity index (χ0n) is 24.4. The number of carbonyl (C=O) groups is 2. The van der Waals surface area contributed by atoms with Crippen molar-refractivity contribution in [2.24, 2.45) is 5.73 Å². The zero-order chi connectivity index (χ0) is 33.2. The number of hydrogen-bond acceptors (Lipinski definition) is 5. The van der Waals surface area contributed by atoms with Crippen LogP contribution in [0.3, 0.4) is 0 Å². The number of hydrogen-bond donors (Lipinski definition) is 2. The lowest BCUT2D eigenvalue weighted by atomic mass is 9.64. The number of likely N-dealkylation sites (tertiary alicyclic amines) is 1. The van der Waals surface area contributed by atoms with Crippen LogP contribution in [0.5, 0.6) is 11.5 Å². The summed E-state index contributed by atoms with van der Waals surface area (Å²) in [6, 6.07) is 8.67. The smallest absolute Gasteiger partial charge is 0.490 e. The van der Waals surface area contributed by atoms with Crippen molar-refractivity contribution in [1.82, 2.24) is 4.90 Å². The third kappa shape index (κ3) is 7.28. The number of anilines is 1. The molecule has 0 radical (unpaired) electrons. The fourth-order valence-corrected chi connectivity index (χ4v) is 6.52. The van der Waals surface area contributed by atoms with Gasteiger partial charge in [-0.3, -0.25) is 9.80 Å². The first-order valence-electron chi connectivity index (χ1n) is 13.6. The first-order valence-corrected chi connectivity index (χ1v) is 14.0. The number of amides is 2. The maximum Gasteiger partial charge on any atom is 0.490 e. The predicted molar refractivity (Wildman–Crippen MR) is 151 cm³/mol. The number of nitrogens with two attached hydrogens (primary N) is 1. The van der Waals surface area contributed by atoms with Crippen molar-refractivity contribution in [3.63, 3.8) is 0 Å². The highest BCUT2D eigenvalue weighted by molar-refractivity contribution is 6.31. The molecule has 1 saturated carbocycles. The molecule has 15 heteroatoms. The summed E-state index contributed by atoms with van der Waals surface area (Å²) in [4.78, 5) is 25.3. The number of aliphatic carboxylic acids is 1. The second-order valence-electron chi connectivity index (χ2n) is 10.9. The van der Waals surface area contributed by atoms with Crippen molar-refractivity contribution in [3.8, 4) is 11.5 Å². The highest BCUT2D eigenvalue weighted by Gasteiger charge is 2.53. The van der Waals surface area contributed by atoms with Crippen LogP contribution in [-0.4, -0.2) is 67.1 Å². The van der Waals surface area contributed by atoms with E-state index in [1.807, 2.05) is 12.1 Å². The lowest BCUT2D eigenvalue weighted by molar-refractivity contribution is -0.192. The molecule has 1 saturated heterocycles. The van der Waals surface area contributed by atoms with Crippen molar-refractivity contribution in [3.05, 3.63) is 52.5 Å². The number of rotatable bonds is 6. The van der Waals surface area contributed by atoms with Gasteiger partial charge in [0.2, 0.25) is 0 Å². The Kier molecular flexibility index (Phi) is 10.6. The average Bonchev–Trinajstić information content (AvgIpc) is 3.33. The molecule has 1 aliphatic carbocycles. The van der Waals surface area contributed by atoms with Gasteiger partial charge in [0.05, 0.1) is 24.8 Å². The summed E-state index contributed by atoms with van der Waals surface area (Å²) >= 11 is 5.83. The molecule has 1 aliphatic heterocycles. The molecule has 4 rings (SSSR count). The van der Waals surface area contributed by atoms with Gasteiger partial charge in [-0.15, -0.1) is 0 Å². The minimum Gasteiger partial charge on any atom is -0.493 e. The largest absolute Gasteiger partial charge is 0.493 e. The number of alkyl halides is 6. The van der Waals surface area contributed by atoms with Gasteiger partial charge in [-0.05, 0) is 82.0 Å². The van der Waals surface area contributed by atoms with Crippen molar-refractivity contribution in [2.45, 2.75) is 75.4 Å². The molecule has 0 unspecified atom stereocenters. The molecule has 3 N–H and O–H groups in total. The summed E-state index contributed by atoms with van der Waals surface area (Å²) in [5, 5.41) is 6.71. The molecule has 2 aromatic rings. The van der Waals surface area contributed by atoms with Gasteiger partial charge in [-0.1, -0.05) is 17.7 Å². The Balaban J connectivity index is 0.000000676. The zero-order valence-corrected chi connectivity index (χ0v) is 25.2. The summed E-state index contributed by atoms with van der Waals surface area (Å²) in [7, 11) is 3.20. The number of ether oxygens (including phenoxy) is 2. The number of methoxy groups -OCH3 is 2. The Hall–Kier alpha value is -3.39. The molecule has 0 bridgehead atoms. The highest BCUT2D eigenvalue weighted by Crippen LogP contribution is 2.52. The van der Waals surface area contributed by atoms with Crippen molar-refractivity contribution in [1.29, 1.82) is 0 Å². The quantitative estimate of drug-likeness (QED) is 0.330. The van der Waals surface area contributed by atoms with Crippen molar-refractivity contribution < 1.29 is 50.5 Å². The van der Waals surface area contributed by atoms with Crippen LogP contribution >= 0.6 is 11.6 Å². The van der Waals surface area contributed by atoms with Gasteiger partial charge < -0.3 is 20.3 Å². The molecule has 1 heterocycles. The van der Waals surface area contributed by atoms with E-state index in [0.717, 1.165) is 31.0 Å². The molecular formula is C29H34ClF6N3O5. The number of fused-ring (bicyclic) bond motifs is 1. The van der Waals surface area contributed by atoms with Crippen molar-refractivity contribution >= 4 is 29.3 Å². The summed E-state index contributed by atoms with van der Waals surface area (Å²) in [6.45, 7) is 5.14. The molecule has 2 aliphatic rings. The number of urea groups is 1. The van der Waals surface area contributed by atoms with Crippen LogP contribution in [0.1, 0.15) is 50.7 Å². The molecule has 0 spiro atoms. The highest BCUT2D eigenvalue weighted by atomic mass is 35.5. The summed E-state index contributed by atoms with van der Waals surface area (Å²) in [5.74, 6) is -1.46. The van der Waals surface area contributed by atoms with Gasteiger partial charge in [0.1, 0.15) is 0 Å². The molecule has 8 nitrogen and oxygen atoms in total. The number of benzene rings is 2. The van der Waals surface area contributed by atoms with Gasteiger partial charge in [0.15, 0.2) is 11.5 Å².